The van der Waals surface area contributed by atoms with Gasteiger partial charge in [0.1, 0.15) is 0 Å². The molecule has 0 saturated heterocycles. The first-order valence-electron chi connectivity index (χ1n) is 4.41. The summed E-state index contributed by atoms with van der Waals surface area (Å²) in [4.78, 5) is 21.1. The maximum absolute atomic E-state index is 10.8. The Balaban J connectivity index is 3.42. The Bertz CT molecular complexity index is 200. The zero-order chi connectivity index (χ0) is 10.1. The molecule has 0 aliphatic heterocycles. The molecule has 0 atom stereocenters. The third-order valence-corrected chi connectivity index (χ3v) is 1.42. The number of primary amides is 1. The summed E-state index contributed by atoms with van der Waals surface area (Å²) in [6.45, 7) is 2.09. The highest BCUT2D eigenvalue weighted by molar-refractivity contribution is 5.93. The topological polar surface area (TPSA) is 72.2 Å². The lowest BCUT2D eigenvalue weighted by Crippen LogP contribution is -2.34. The maximum atomic E-state index is 10.8. The van der Waals surface area contributed by atoms with Crippen molar-refractivity contribution in [3.63, 3.8) is 0 Å². The van der Waals surface area contributed by atoms with Gasteiger partial charge in [0.15, 0.2) is 0 Å². The fourth-order valence-corrected chi connectivity index (χ4v) is 0.817. The van der Waals surface area contributed by atoms with Crippen molar-refractivity contribution in [3.8, 4) is 0 Å². The van der Waals surface area contributed by atoms with Crippen LogP contribution in [-0.4, -0.2) is 11.9 Å². The molecule has 0 saturated carbocycles. The van der Waals surface area contributed by atoms with Crippen molar-refractivity contribution >= 4 is 11.9 Å². The molecule has 0 aromatic rings. The van der Waals surface area contributed by atoms with Crippen molar-refractivity contribution < 1.29 is 9.59 Å². The Hall–Kier alpha value is -1.32. The van der Waals surface area contributed by atoms with Crippen molar-refractivity contribution in [1.82, 2.24) is 5.32 Å². The van der Waals surface area contributed by atoms with Gasteiger partial charge in [-0.3, -0.25) is 10.1 Å². The number of amides is 3. The summed E-state index contributed by atoms with van der Waals surface area (Å²) in [5.74, 6) is -0.325. The predicted octanol–water partition coefficient (Wildman–Crippen LogP) is 1.32. The summed E-state index contributed by atoms with van der Waals surface area (Å²) in [7, 11) is 0. The molecule has 4 nitrogen and oxygen atoms in total. The number of carbonyl (C=O) groups excluding carboxylic acids is 2. The van der Waals surface area contributed by atoms with E-state index in [-0.39, 0.29) is 5.91 Å². The second-order valence-electron chi connectivity index (χ2n) is 2.71. The van der Waals surface area contributed by atoms with E-state index in [9.17, 15) is 9.59 Å². The number of hydrogen-bond acceptors (Lipinski definition) is 2. The number of carbonyl (C=O) groups is 2. The highest BCUT2D eigenvalue weighted by Gasteiger charge is 2.00. The van der Waals surface area contributed by atoms with Crippen molar-refractivity contribution in [1.29, 1.82) is 0 Å². The molecule has 3 N–H and O–H groups in total. The number of nitrogens with two attached hydrogens (primary N) is 1. The summed E-state index contributed by atoms with van der Waals surface area (Å²) in [5.41, 5.74) is 4.76. The lowest BCUT2D eigenvalue weighted by molar-refractivity contribution is -0.119. The number of allylic oxidation sites excluding steroid dienone is 2. The third kappa shape index (κ3) is 8.59. The smallest absolute Gasteiger partial charge is 0.318 e. The van der Waals surface area contributed by atoms with Crippen molar-refractivity contribution in [3.05, 3.63) is 12.2 Å². The molecule has 0 rings (SSSR count). The van der Waals surface area contributed by atoms with Crippen molar-refractivity contribution in [2.24, 2.45) is 5.73 Å². The minimum atomic E-state index is -0.789. The zero-order valence-corrected chi connectivity index (χ0v) is 7.88. The van der Waals surface area contributed by atoms with Gasteiger partial charge in [-0.25, -0.2) is 4.79 Å². The highest BCUT2D eigenvalue weighted by atomic mass is 16.2. The molecule has 0 aromatic carbocycles. The van der Waals surface area contributed by atoms with E-state index in [1.165, 1.54) is 0 Å². The molecule has 0 heterocycles. The van der Waals surface area contributed by atoms with Gasteiger partial charge in [0.2, 0.25) is 5.91 Å². The van der Waals surface area contributed by atoms with E-state index < -0.39 is 6.03 Å². The van der Waals surface area contributed by atoms with Crippen LogP contribution < -0.4 is 11.1 Å². The van der Waals surface area contributed by atoms with Gasteiger partial charge in [-0.2, -0.15) is 0 Å². The number of imide groups is 1. The van der Waals surface area contributed by atoms with Crippen LogP contribution in [0.15, 0.2) is 12.2 Å². The highest BCUT2D eigenvalue weighted by Crippen LogP contribution is 1.94. The average molecular weight is 184 g/mol. The van der Waals surface area contributed by atoms with Crippen LogP contribution in [0.4, 0.5) is 4.79 Å². The fraction of sp³-hybridized carbons (Fsp3) is 0.556. The monoisotopic (exact) mass is 184 g/mol. The van der Waals surface area contributed by atoms with Gasteiger partial charge in [0.25, 0.3) is 0 Å². The van der Waals surface area contributed by atoms with E-state index in [0.29, 0.717) is 12.8 Å². The van der Waals surface area contributed by atoms with Crippen LogP contribution in [-0.2, 0) is 4.79 Å². The van der Waals surface area contributed by atoms with E-state index >= 15 is 0 Å². The fourth-order valence-electron chi connectivity index (χ4n) is 0.817. The van der Waals surface area contributed by atoms with Crippen LogP contribution >= 0.6 is 0 Å². The molecular weight excluding hydrogens is 168 g/mol. The zero-order valence-electron chi connectivity index (χ0n) is 7.88. The molecular formula is C9H16N2O2. The molecule has 4 heteroatoms. The van der Waals surface area contributed by atoms with Crippen LogP contribution in [0, 0.1) is 0 Å². The molecule has 0 fully saturated rings. The average Bonchev–Trinajstić information content (AvgIpc) is 2.02. The van der Waals surface area contributed by atoms with E-state index in [2.05, 4.69) is 6.92 Å². The van der Waals surface area contributed by atoms with Crippen LogP contribution in [0.1, 0.15) is 32.6 Å². The molecule has 0 aliphatic carbocycles. The second-order valence-corrected chi connectivity index (χ2v) is 2.71. The van der Waals surface area contributed by atoms with Gasteiger partial charge in [0.05, 0.1) is 0 Å². The number of unbranched alkanes of at least 4 members (excludes halogenated alkanes) is 1. The Labute approximate surface area is 78.2 Å². The predicted molar refractivity (Wildman–Crippen MR) is 51.0 cm³/mol. The molecule has 3 amide bonds. The summed E-state index contributed by atoms with van der Waals surface area (Å²) >= 11 is 0. The molecule has 0 radical (unpaired) electrons. The quantitative estimate of drug-likeness (QED) is 0.632. The molecule has 0 aromatic heterocycles. The molecule has 74 valence electrons. The first-order valence-corrected chi connectivity index (χ1v) is 4.41. The Morgan fingerprint density at radius 2 is 1.92 bits per heavy atom. The Morgan fingerprint density at radius 1 is 1.31 bits per heavy atom. The number of nitrogens with one attached hydrogen (secondary N) is 1. The molecule has 0 aliphatic rings. The molecule has 0 bridgehead atoms. The number of hydrogen-bond donors (Lipinski definition) is 2. The lowest BCUT2D eigenvalue weighted by atomic mass is 10.2. The van der Waals surface area contributed by atoms with Crippen molar-refractivity contribution in [2.75, 3.05) is 0 Å². The van der Waals surface area contributed by atoms with Gasteiger partial charge in [0, 0.05) is 6.42 Å². The van der Waals surface area contributed by atoms with Gasteiger partial charge in [-0.05, 0) is 12.8 Å². The van der Waals surface area contributed by atoms with Crippen molar-refractivity contribution in [2.45, 2.75) is 32.6 Å². The Kier molecular flexibility index (Phi) is 6.59. The largest absolute Gasteiger partial charge is 0.351 e. The number of urea groups is 1. The van der Waals surface area contributed by atoms with Crippen LogP contribution in [0.3, 0.4) is 0 Å². The Morgan fingerprint density at radius 3 is 2.46 bits per heavy atom. The third-order valence-electron chi connectivity index (χ3n) is 1.42. The summed E-state index contributed by atoms with van der Waals surface area (Å²) in [6, 6.07) is -0.789. The van der Waals surface area contributed by atoms with Gasteiger partial charge < -0.3 is 5.73 Å². The number of rotatable bonds is 5. The molecule has 0 spiro atoms. The maximum Gasteiger partial charge on any atom is 0.318 e. The summed E-state index contributed by atoms with van der Waals surface area (Å²) in [5, 5.41) is 2.00. The van der Waals surface area contributed by atoms with E-state index in [4.69, 9.17) is 5.73 Å². The first-order chi connectivity index (χ1) is 6.16. The van der Waals surface area contributed by atoms with Gasteiger partial charge in [-0.1, -0.05) is 25.5 Å². The molecule has 0 unspecified atom stereocenters. The van der Waals surface area contributed by atoms with E-state index in [1.54, 1.807) is 0 Å². The van der Waals surface area contributed by atoms with Gasteiger partial charge >= 0.3 is 6.03 Å². The van der Waals surface area contributed by atoms with E-state index in [0.717, 1.165) is 12.8 Å². The molecule has 13 heavy (non-hydrogen) atoms. The SMILES string of the molecule is CCCC=CCCC(=O)NC(N)=O. The summed E-state index contributed by atoms with van der Waals surface area (Å²) < 4.78 is 0. The first kappa shape index (κ1) is 11.7. The minimum Gasteiger partial charge on any atom is -0.351 e. The lowest BCUT2D eigenvalue weighted by Gasteiger charge is -1.96. The minimum absolute atomic E-state index is 0.309. The summed E-state index contributed by atoms with van der Waals surface area (Å²) in [6.07, 6.45) is 7.05. The standard InChI is InChI=1S/C9H16N2O2/c1-2-3-4-5-6-7-8(12)11-9(10)13/h4-5H,2-3,6-7H2,1H3,(H3,10,11,12,13). The second kappa shape index (κ2) is 7.34. The van der Waals surface area contributed by atoms with E-state index in [1.807, 2.05) is 17.5 Å². The van der Waals surface area contributed by atoms with Crippen LogP contribution in [0.2, 0.25) is 0 Å². The van der Waals surface area contributed by atoms with Gasteiger partial charge in [-0.15, -0.1) is 0 Å². The normalized spacial score (nSPS) is 10.2. The van der Waals surface area contributed by atoms with Crippen LogP contribution in [0.5, 0.6) is 0 Å². The van der Waals surface area contributed by atoms with Crippen LogP contribution in [0.25, 0.3) is 0 Å².